The van der Waals surface area contributed by atoms with E-state index in [1.54, 1.807) is 6.92 Å². The molecule has 1 unspecified atom stereocenters. The van der Waals surface area contributed by atoms with Crippen molar-refractivity contribution in [1.82, 2.24) is 5.32 Å². The fourth-order valence-electron chi connectivity index (χ4n) is 2.06. The number of benzene rings is 2. The second kappa shape index (κ2) is 8.20. The van der Waals surface area contributed by atoms with Gasteiger partial charge in [0, 0.05) is 12.1 Å². The summed E-state index contributed by atoms with van der Waals surface area (Å²) in [6.07, 6.45) is 0.117. The summed E-state index contributed by atoms with van der Waals surface area (Å²) in [6, 6.07) is 17.6. The number of hydrogen-bond acceptors (Lipinski definition) is 3. The van der Waals surface area contributed by atoms with Crippen molar-refractivity contribution in [3.8, 4) is 16.9 Å². The Morgan fingerprint density at radius 3 is 2.55 bits per heavy atom. The lowest BCUT2D eigenvalue weighted by Crippen LogP contribution is -2.31. The zero-order valence-electron chi connectivity index (χ0n) is 12.7. The van der Waals surface area contributed by atoms with E-state index >= 15 is 0 Å². The van der Waals surface area contributed by atoms with Crippen molar-refractivity contribution in [1.29, 1.82) is 0 Å². The Labute approximate surface area is 130 Å². The molecule has 4 nitrogen and oxygen atoms in total. The summed E-state index contributed by atoms with van der Waals surface area (Å²) in [5, 5.41) is 11.9. The molecule has 116 valence electrons. The van der Waals surface area contributed by atoms with E-state index in [0.29, 0.717) is 18.7 Å². The number of carbonyl (C=O) groups is 1. The highest BCUT2D eigenvalue weighted by Gasteiger charge is 2.08. The molecule has 0 saturated carbocycles. The van der Waals surface area contributed by atoms with Crippen molar-refractivity contribution in [3.63, 3.8) is 0 Å². The molecule has 0 saturated heterocycles. The topological polar surface area (TPSA) is 58.6 Å². The highest BCUT2D eigenvalue weighted by molar-refractivity contribution is 5.78. The number of rotatable bonds is 7. The first-order valence-corrected chi connectivity index (χ1v) is 7.39. The average Bonchev–Trinajstić information content (AvgIpc) is 2.54. The first kappa shape index (κ1) is 16.0. The van der Waals surface area contributed by atoms with E-state index in [1.165, 1.54) is 0 Å². The molecule has 0 aliphatic carbocycles. The third-order valence-corrected chi connectivity index (χ3v) is 3.21. The van der Waals surface area contributed by atoms with Gasteiger partial charge in [-0.2, -0.15) is 0 Å². The van der Waals surface area contributed by atoms with Crippen molar-refractivity contribution < 1.29 is 14.6 Å². The maximum atomic E-state index is 11.7. The van der Waals surface area contributed by atoms with Gasteiger partial charge >= 0.3 is 0 Å². The monoisotopic (exact) mass is 299 g/mol. The molecule has 4 heteroatoms. The van der Waals surface area contributed by atoms with Crippen molar-refractivity contribution in [2.75, 3.05) is 13.2 Å². The van der Waals surface area contributed by atoms with Crippen LogP contribution in [-0.4, -0.2) is 30.3 Å². The summed E-state index contributed by atoms with van der Waals surface area (Å²) in [7, 11) is 0. The number of nitrogens with one attached hydrogen (secondary N) is 1. The van der Waals surface area contributed by atoms with Gasteiger partial charge in [-0.15, -0.1) is 0 Å². The van der Waals surface area contributed by atoms with Crippen LogP contribution in [0.5, 0.6) is 5.75 Å². The van der Waals surface area contributed by atoms with Crippen molar-refractivity contribution in [2.45, 2.75) is 19.4 Å². The molecule has 0 aliphatic rings. The Bertz CT molecular complexity index is 596. The molecule has 0 bridgehead atoms. The number of carbonyl (C=O) groups excluding carboxylic acids is 1. The molecule has 2 aromatic carbocycles. The minimum absolute atomic E-state index is 0.0380. The lowest BCUT2D eigenvalue weighted by atomic mass is 10.1. The first-order chi connectivity index (χ1) is 10.7. The molecule has 1 atom stereocenters. The third-order valence-electron chi connectivity index (χ3n) is 3.21. The first-order valence-electron chi connectivity index (χ1n) is 7.39. The van der Waals surface area contributed by atoms with Gasteiger partial charge in [0.05, 0.1) is 6.10 Å². The van der Waals surface area contributed by atoms with Crippen molar-refractivity contribution in [3.05, 3.63) is 54.6 Å². The van der Waals surface area contributed by atoms with Crippen molar-refractivity contribution >= 4 is 5.91 Å². The van der Waals surface area contributed by atoms with E-state index < -0.39 is 6.10 Å². The van der Waals surface area contributed by atoms with Crippen LogP contribution in [0.2, 0.25) is 0 Å². The predicted octanol–water partition coefficient (Wildman–Crippen LogP) is 2.62. The summed E-state index contributed by atoms with van der Waals surface area (Å²) in [5.74, 6) is 0.489. The Morgan fingerprint density at radius 2 is 1.82 bits per heavy atom. The summed E-state index contributed by atoms with van der Waals surface area (Å²) < 4.78 is 5.64. The van der Waals surface area contributed by atoms with Crippen LogP contribution in [0.3, 0.4) is 0 Å². The molecule has 2 aromatic rings. The van der Waals surface area contributed by atoms with Gasteiger partial charge in [0.2, 0.25) is 0 Å². The van der Waals surface area contributed by atoms with E-state index in [0.717, 1.165) is 11.1 Å². The molecule has 1 amide bonds. The second-order valence-electron chi connectivity index (χ2n) is 5.14. The van der Waals surface area contributed by atoms with E-state index in [2.05, 4.69) is 5.32 Å². The SMILES string of the molecule is CC(O)CCNC(=O)COc1ccccc1-c1ccccc1. The summed E-state index contributed by atoms with van der Waals surface area (Å²) in [4.78, 5) is 11.7. The predicted molar refractivity (Wildman–Crippen MR) is 86.7 cm³/mol. The molecule has 0 spiro atoms. The number of hydrogen-bond donors (Lipinski definition) is 2. The fraction of sp³-hybridized carbons (Fsp3) is 0.278. The van der Waals surface area contributed by atoms with Crippen LogP contribution in [0.15, 0.2) is 54.6 Å². The average molecular weight is 299 g/mol. The van der Waals surface area contributed by atoms with Crippen LogP contribution in [0.1, 0.15) is 13.3 Å². The van der Waals surface area contributed by atoms with E-state index in [4.69, 9.17) is 9.84 Å². The second-order valence-corrected chi connectivity index (χ2v) is 5.14. The van der Waals surface area contributed by atoms with E-state index in [1.807, 2.05) is 54.6 Å². The number of para-hydroxylation sites is 1. The molecule has 0 heterocycles. The van der Waals surface area contributed by atoms with E-state index in [9.17, 15) is 4.79 Å². The quantitative estimate of drug-likeness (QED) is 0.826. The van der Waals surface area contributed by atoms with Crippen LogP contribution in [0, 0.1) is 0 Å². The van der Waals surface area contributed by atoms with Crippen LogP contribution in [0.25, 0.3) is 11.1 Å². The minimum Gasteiger partial charge on any atom is -0.483 e. The molecule has 2 rings (SSSR count). The van der Waals surface area contributed by atoms with Gasteiger partial charge in [-0.3, -0.25) is 4.79 Å². The van der Waals surface area contributed by atoms with Gasteiger partial charge in [0.1, 0.15) is 5.75 Å². The smallest absolute Gasteiger partial charge is 0.257 e. The lowest BCUT2D eigenvalue weighted by Gasteiger charge is -2.12. The van der Waals surface area contributed by atoms with Crippen LogP contribution >= 0.6 is 0 Å². The van der Waals surface area contributed by atoms with Gasteiger partial charge in [-0.25, -0.2) is 0 Å². The molecule has 0 aliphatic heterocycles. The molecule has 0 radical (unpaired) electrons. The van der Waals surface area contributed by atoms with Gasteiger partial charge in [-0.05, 0) is 25.0 Å². The van der Waals surface area contributed by atoms with Crippen LogP contribution in [0.4, 0.5) is 0 Å². The minimum atomic E-state index is -0.417. The van der Waals surface area contributed by atoms with Gasteiger partial charge < -0.3 is 15.2 Å². The number of aliphatic hydroxyl groups excluding tert-OH is 1. The normalized spacial score (nSPS) is 11.7. The molecule has 2 N–H and O–H groups in total. The molecule has 0 fully saturated rings. The molecular weight excluding hydrogens is 278 g/mol. The Morgan fingerprint density at radius 1 is 1.14 bits per heavy atom. The molecule has 0 aromatic heterocycles. The number of amides is 1. The summed E-state index contributed by atoms with van der Waals surface area (Å²) >= 11 is 0. The third kappa shape index (κ3) is 4.90. The molecular formula is C18H21NO3. The van der Waals surface area contributed by atoms with E-state index in [-0.39, 0.29) is 12.5 Å². The van der Waals surface area contributed by atoms with Gasteiger partial charge in [0.25, 0.3) is 5.91 Å². The largest absolute Gasteiger partial charge is 0.483 e. The van der Waals surface area contributed by atoms with Crippen molar-refractivity contribution in [2.24, 2.45) is 0 Å². The maximum absolute atomic E-state index is 11.7. The van der Waals surface area contributed by atoms with Gasteiger partial charge in [0.15, 0.2) is 6.61 Å². The summed E-state index contributed by atoms with van der Waals surface area (Å²) in [5.41, 5.74) is 2.01. The van der Waals surface area contributed by atoms with Crippen LogP contribution < -0.4 is 10.1 Å². The highest BCUT2D eigenvalue weighted by atomic mass is 16.5. The zero-order chi connectivity index (χ0) is 15.8. The number of aliphatic hydroxyl groups is 1. The lowest BCUT2D eigenvalue weighted by molar-refractivity contribution is -0.123. The molecule has 22 heavy (non-hydrogen) atoms. The summed E-state index contributed by atoms with van der Waals surface area (Å²) in [6.45, 7) is 2.10. The fourth-order valence-corrected chi connectivity index (χ4v) is 2.06. The standard InChI is InChI=1S/C18H21NO3/c1-14(20)11-12-19-18(21)13-22-17-10-6-5-9-16(17)15-7-3-2-4-8-15/h2-10,14,20H,11-13H2,1H3,(H,19,21). The Hall–Kier alpha value is -2.33. The number of ether oxygens (including phenoxy) is 1. The van der Waals surface area contributed by atoms with Gasteiger partial charge in [-0.1, -0.05) is 48.5 Å². The van der Waals surface area contributed by atoms with Crippen LogP contribution in [-0.2, 0) is 4.79 Å². The maximum Gasteiger partial charge on any atom is 0.257 e. The zero-order valence-corrected chi connectivity index (χ0v) is 12.7. The highest BCUT2D eigenvalue weighted by Crippen LogP contribution is 2.29. The Kier molecular flexibility index (Phi) is 5.98. The Balaban J connectivity index is 1.95.